The minimum Gasteiger partial charge on any atom is -0.457 e. The van der Waals surface area contributed by atoms with Gasteiger partial charge in [0.2, 0.25) is 0 Å². The Morgan fingerprint density at radius 2 is 1.64 bits per heavy atom. The SMILES string of the molecule is CCC(CC(C)C)(C(C)C)C(C)(C)OCC(C)(C)OC(=O)CCCS. The first kappa shape index (κ1) is 24.8. The lowest BCUT2D eigenvalue weighted by Crippen LogP contribution is -2.51. The van der Waals surface area contributed by atoms with Crippen molar-refractivity contribution in [2.75, 3.05) is 12.4 Å². The van der Waals surface area contributed by atoms with E-state index in [0.29, 0.717) is 30.6 Å². The summed E-state index contributed by atoms with van der Waals surface area (Å²) in [6, 6.07) is 0. The first-order chi connectivity index (χ1) is 11.3. The van der Waals surface area contributed by atoms with Crippen LogP contribution >= 0.6 is 12.6 Å². The number of rotatable bonds is 12. The van der Waals surface area contributed by atoms with Crippen molar-refractivity contribution in [3.63, 3.8) is 0 Å². The molecule has 0 fully saturated rings. The summed E-state index contributed by atoms with van der Waals surface area (Å²) < 4.78 is 12.1. The van der Waals surface area contributed by atoms with Crippen molar-refractivity contribution in [1.82, 2.24) is 0 Å². The lowest BCUT2D eigenvalue weighted by Gasteiger charge is -2.51. The average molecular weight is 375 g/mol. The van der Waals surface area contributed by atoms with E-state index < -0.39 is 5.60 Å². The van der Waals surface area contributed by atoms with Gasteiger partial charge in [0.05, 0.1) is 12.2 Å². The molecule has 0 bridgehead atoms. The van der Waals surface area contributed by atoms with Gasteiger partial charge in [-0.15, -0.1) is 0 Å². The number of esters is 1. The molecule has 4 heteroatoms. The molecule has 0 spiro atoms. The Morgan fingerprint density at radius 1 is 1.08 bits per heavy atom. The predicted molar refractivity (Wildman–Crippen MR) is 110 cm³/mol. The van der Waals surface area contributed by atoms with E-state index in [1.807, 2.05) is 13.8 Å². The molecule has 3 nitrogen and oxygen atoms in total. The van der Waals surface area contributed by atoms with Gasteiger partial charge in [0.25, 0.3) is 0 Å². The molecule has 0 radical (unpaired) electrons. The maximum absolute atomic E-state index is 11.9. The molecule has 0 aromatic heterocycles. The number of hydrogen-bond acceptors (Lipinski definition) is 4. The van der Waals surface area contributed by atoms with Crippen LogP contribution < -0.4 is 0 Å². The summed E-state index contributed by atoms with van der Waals surface area (Å²) in [6.45, 7) is 20.0. The van der Waals surface area contributed by atoms with E-state index in [0.717, 1.165) is 19.3 Å². The van der Waals surface area contributed by atoms with Gasteiger partial charge in [0.1, 0.15) is 5.60 Å². The molecule has 0 heterocycles. The van der Waals surface area contributed by atoms with Crippen LogP contribution in [0, 0.1) is 17.3 Å². The van der Waals surface area contributed by atoms with Crippen molar-refractivity contribution >= 4 is 18.6 Å². The van der Waals surface area contributed by atoms with Crippen molar-refractivity contribution in [2.24, 2.45) is 17.3 Å². The Balaban J connectivity index is 5.09. The number of hydrogen-bond donors (Lipinski definition) is 1. The highest BCUT2D eigenvalue weighted by Crippen LogP contribution is 2.49. The number of thiol groups is 1. The number of carbonyl (C=O) groups excluding carboxylic acids is 1. The van der Waals surface area contributed by atoms with E-state index in [1.165, 1.54) is 0 Å². The summed E-state index contributed by atoms with van der Waals surface area (Å²) in [5, 5.41) is 0. The summed E-state index contributed by atoms with van der Waals surface area (Å²) in [7, 11) is 0. The highest BCUT2D eigenvalue weighted by Gasteiger charge is 2.47. The van der Waals surface area contributed by atoms with Crippen molar-refractivity contribution in [3.8, 4) is 0 Å². The molecule has 150 valence electrons. The van der Waals surface area contributed by atoms with Crippen LogP contribution in [-0.2, 0) is 14.3 Å². The van der Waals surface area contributed by atoms with Crippen LogP contribution in [0.5, 0.6) is 0 Å². The zero-order chi connectivity index (χ0) is 19.9. The van der Waals surface area contributed by atoms with Crippen LogP contribution in [0.1, 0.15) is 88.0 Å². The smallest absolute Gasteiger partial charge is 0.306 e. The van der Waals surface area contributed by atoms with Gasteiger partial charge in [-0.05, 0) is 64.5 Å². The Bertz CT molecular complexity index is 402. The molecule has 0 aliphatic heterocycles. The summed E-state index contributed by atoms with van der Waals surface area (Å²) in [6.07, 6.45) is 3.34. The van der Waals surface area contributed by atoms with Crippen LogP contribution in [0.4, 0.5) is 0 Å². The minimum atomic E-state index is -0.626. The molecule has 0 N–H and O–H groups in total. The number of carbonyl (C=O) groups is 1. The monoisotopic (exact) mass is 374 g/mol. The van der Waals surface area contributed by atoms with E-state index in [2.05, 4.69) is 61.1 Å². The van der Waals surface area contributed by atoms with E-state index >= 15 is 0 Å². The summed E-state index contributed by atoms with van der Waals surface area (Å²) in [4.78, 5) is 11.9. The zero-order valence-electron chi connectivity index (χ0n) is 18.1. The second-order valence-corrected chi connectivity index (χ2v) is 9.57. The summed E-state index contributed by atoms with van der Waals surface area (Å²) >= 11 is 4.14. The fraction of sp³-hybridized carbons (Fsp3) is 0.952. The molecule has 0 aliphatic rings. The molecule has 0 saturated heterocycles. The van der Waals surface area contributed by atoms with E-state index in [-0.39, 0.29) is 17.0 Å². The molecule has 0 aliphatic carbocycles. The van der Waals surface area contributed by atoms with Gasteiger partial charge >= 0.3 is 5.97 Å². The summed E-state index contributed by atoms with van der Waals surface area (Å²) in [5.74, 6) is 1.64. The molecule has 0 saturated carbocycles. The first-order valence-corrected chi connectivity index (χ1v) is 10.4. The van der Waals surface area contributed by atoms with Gasteiger partial charge in [-0.3, -0.25) is 4.79 Å². The molecule has 0 amide bonds. The number of ether oxygens (including phenoxy) is 2. The molecule has 0 rings (SSSR count). The second-order valence-electron chi connectivity index (χ2n) is 9.12. The van der Waals surface area contributed by atoms with Gasteiger partial charge in [-0.1, -0.05) is 34.6 Å². The normalized spacial score (nSPS) is 15.5. The van der Waals surface area contributed by atoms with E-state index in [1.54, 1.807) is 0 Å². The second kappa shape index (κ2) is 10.2. The van der Waals surface area contributed by atoms with Crippen molar-refractivity contribution in [2.45, 2.75) is 99.2 Å². The summed E-state index contributed by atoms with van der Waals surface area (Å²) in [5.41, 5.74) is -0.832. The Kier molecular flexibility index (Phi) is 10.1. The van der Waals surface area contributed by atoms with Crippen LogP contribution in [0.2, 0.25) is 0 Å². The van der Waals surface area contributed by atoms with Crippen molar-refractivity contribution in [1.29, 1.82) is 0 Å². The van der Waals surface area contributed by atoms with Crippen molar-refractivity contribution < 1.29 is 14.3 Å². The third-order valence-corrected chi connectivity index (χ3v) is 5.73. The third-order valence-electron chi connectivity index (χ3n) is 5.42. The Hall–Kier alpha value is -0.220. The van der Waals surface area contributed by atoms with Gasteiger partial charge in [0.15, 0.2) is 0 Å². The maximum atomic E-state index is 11.9. The molecule has 1 unspecified atom stereocenters. The minimum absolute atomic E-state index is 0.0906. The van der Waals surface area contributed by atoms with Crippen molar-refractivity contribution in [3.05, 3.63) is 0 Å². The standard InChI is InChI=1S/C21H42O3S/c1-10-21(17(4)5,14-16(2)3)20(8,9)23-15-19(6,7)24-18(22)12-11-13-25/h16-17,25H,10-15H2,1-9H3. The van der Waals surface area contributed by atoms with Crippen LogP contribution in [-0.4, -0.2) is 29.5 Å². The van der Waals surface area contributed by atoms with Crippen LogP contribution in [0.15, 0.2) is 0 Å². The fourth-order valence-electron chi connectivity index (χ4n) is 3.99. The highest BCUT2D eigenvalue weighted by atomic mass is 32.1. The van der Waals surface area contributed by atoms with E-state index in [4.69, 9.17) is 9.47 Å². The molecular weight excluding hydrogens is 332 g/mol. The van der Waals surface area contributed by atoms with Gasteiger partial charge < -0.3 is 9.47 Å². The van der Waals surface area contributed by atoms with Gasteiger partial charge in [-0.2, -0.15) is 12.6 Å². The predicted octanol–water partition coefficient (Wildman–Crippen LogP) is 5.91. The van der Waals surface area contributed by atoms with E-state index in [9.17, 15) is 4.79 Å². The molecule has 1 atom stereocenters. The Labute approximate surface area is 162 Å². The quantitative estimate of drug-likeness (QED) is 0.340. The lowest BCUT2D eigenvalue weighted by molar-refractivity contribution is -0.190. The lowest BCUT2D eigenvalue weighted by atomic mass is 9.60. The average Bonchev–Trinajstić information content (AvgIpc) is 2.47. The van der Waals surface area contributed by atoms with Crippen LogP contribution in [0.25, 0.3) is 0 Å². The van der Waals surface area contributed by atoms with Gasteiger partial charge in [-0.25, -0.2) is 0 Å². The third kappa shape index (κ3) is 7.50. The molecule has 25 heavy (non-hydrogen) atoms. The zero-order valence-corrected chi connectivity index (χ0v) is 19.0. The first-order valence-electron chi connectivity index (χ1n) is 9.80. The Morgan fingerprint density at radius 3 is 2.04 bits per heavy atom. The molecular formula is C21H42O3S. The fourth-order valence-corrected chi connectivity index (χ4v) is 4.15. The maximum Gasteiger partial charge on any atom is 0.306 e. The van der Waals surface area contributed by atoms with Gasteiger partial charge in [0, 0.05) is 11.8 Å². The largest absolute Gasteiger partial charge is 0.457 e. The topological polar surface area (TPSA) is 35.5 Å². The highest BCUT2D eigenvalue weighted by molar-refractivity contribution is 7.80. The van der Waals surface area contributed by atoms with Crippen LogP contribution in [0.3, 0.4) is 0 Å². The molecule has 0 aromatic carbocycles. The molecule has 0 aromatic rings.